The molecular formula is C8H15N3OS. The van der Waals surface area contributed by atoms with Gasteiger partial charge in [-0.1, -0.05) is 4.49 Å². The molecule has 1 atom stereocenters. The first kappa shape index (κ1) is 10.6. The molecule has 4 nitrogen and oxygen atoms in total. The van der Waals surface area contributed by atoms with Crippen LogP contribution in [0.2, 0.25) is 0 Å². The van der Waals surface area contributed by atoms with Crippen molar-refractivity contribution in [3.05, 3.63) is 11.1 Å². The van der Waals surface area contributed by atoms with Crippen LogP contribution in [0.25, 0.3) is 0 Å². The second-order valence-corrected chi connectivity index (χ2v) is 3.61. The van der Waals surface area contributed by atoms with Crippen LogP contribution in [-0.4, -0.2) is 30.4 Å². The Hall–Kier alpha value is -0.520. The van der Waals surface area contributed by atoms with Gasteiger partial charge in [-0.05, 0) is 31.4 Å². The molecule has 1 heterocycles. The fourth-order valence-corrected chi connectivity index (χ4v) is 1.83. The van der Waals surface area contributed by atoms with Gasteiger partial charge < -0.3 is 10.1 Å². The monoisotopic (exact) mass is 201 g/mol. The summed E-state index contributed by atoms with van der Waals surface area (Å²) >= 11 is 1.45. The van der Waals surface area contributed by atoms with E-state index in [1.54, 1.807) is 7.11 Å². The average Bonchev–Trinajstić information content (AvgIpc) is 2.65. The van der Waals surface area contributed by atoms with Crippen molar-refractivity contribution in [3.63, 3.8) is 0 Å². The molecule has 0 aromatic carbocycles. The average molecular weight is 201 g/mol. The Morgan fingerprint density at radius 1 is 1.69 bits per heavy atom. The van der Waals surface area contributed by atoms with Crippen molar-refractivity contribution >= 4 is 11.5 Å². The van der Waals surface area contributed by atoms with Gasteiger partial charge in [-0.3, -0.25) is 0 Å². The van der Waals surface area contributed by atoms with Gasteiger partial charge in [0.25, 0.3) is 0 Å². The van der Waals surface area contributed by atoms with Crippen LogP contribution < -0.4 is 5.32 Å². The number of ether oxygens (including phenoxy) is 1. The highest BCUT2D eigenvalue weighted by atomic mass is 32.1. The Morgan fingerprint density at radius 2 is 2.54 bits per heavy atom. The standard InChI is InChI=1S/C8H15N3OS/c1-9-7(4-3-5-12-2)8-6-10-11-13-8/h6-7,9H,3-5H2,1-2H3. The lowest BCUT2D eigenvalue weighted by Crippen LogP contribution is -2.15. The molecule has 0 radical (unpaired) electrons. The van der Waals surface area contributed by atoms with Crippen LogP contribution in [0.15, 0.2) is 6.20 Å². The van der Waals surface area contributed by atoms with E-state index in [0.29, 0.717) is 6.04 Å². The topological polar surface area (TPSA) is 47.0 Å². The molecule has 74 valence electrons. The van der Waals surface area contributed by atoms with Crippen molar-refractivity contribution in [1.29, 1.82) is 0 Å². The molecule has 0 aliphatic heterocycles. The van der Waals surface area contributed by atoms with E-state index >= 15 is 0 Å². The summed E-state index contributed by atoms with van der Waals surface area (Å²) in [5.74, 6) is 0. The third kappa shape index (κ3) is 3.38. The highest BCUT2D eigenvalue weighted by Gasteiger charge is 2.10. The van der Waals surface area contributed by atoms with Crippen LogP contribution in [0.4, 0.5) is 0 Å². The number of hydrogen-bond donors (Lipinski definition) is 1. The van der Waals surface area contributed by atoms with Crippen LogP contribution in [0.1, 0.15) is 23.8 Å². The summed E-state index contributed by atoms with van der Waals surface area (Å²) in [6.45, 7) is 0.810. The van der Waals surface area contributed by atoms with Crippen molar-refractivity contribution in [3.8, 4) is 0 Å². The first-order valence-electron chi connectivity index (χ1n) is 4.32. The van der Waals surface area contributed by atoms with E-state index < -0.39 is 0 Å². The maximum atomic E-state index is 5.00. The summed E-state index contributed by atoms with van der Waals surface area (Å²) < 4.78 is 8.84. The lowest BCUT2D eigenvalue weighted by molar-refractivity contribution is 0.189. The third-order valence-corrected chi connectivity index (χ3v) is 2.69. The fourth-order valence-electron chi connectivity index (χ4n) is 1.19. The normalized spacial score (nSPS) is 13.1. The number of aromatic nitrogens is 2. The molecule has 13 heavy (non-hydrogen) atoms. The van der Waals surface area contributed by atoms with E-state index in [4.69, 9.17) is 4.74 Å². The Labute approximate surface area is 82.5 Å². The van der Waals surface area contributed by atoms with Crippen LogP contribution in [0, 0.1) is 0 Å². The number of nitrogens with one attached hydrogen (secondary N) is 1. The molecule has 1 aromatic heterocycles. The molecule has 5 heteroatoms. The smallest absolute Gasteiger partial charge is 0.0669 e. The van der Waals surface area contributed by atoms with Crippen LogP contribution in [-0.2, 0) is 4.74 Å². The van der Waals surface area contributed by atoms with E-state index in [-0.39, 0.29) is 0 Å². The number of methoxy groups -OCH3 is 1. The quantitative estimate of drug-likeness (QED) is 0.703. The number of rotatable bonds is 6. The highest BCUT2D eigenvalue weighted by Crippen LogP contribution is 2.19. The van der Waals surface area contributed by atoms with Crippen molar-refractivity contribution in [2.75, 3.05) is 20.8 Å². The Balaban J connectivity index is 2.35. The largest absolute Gasteiger partial charge is 0.385 e. The van der Waals surface area contributed by atoms with Crippen LogP contribution in [0.3, 0.4) is 0 Å². The van der Waals surface area contributed by atoms with Crippen molar-refractivity contribution in [2.24, 2.45) is 0 Å². The lowest BCUT2D eigenvalue weighted by atomic mass is 10.1. The predicted octanol–water partition coefficient (Wildman–Crippen LogP) is 1.23. The minimum atomic E-state index is 0.371. The molecular weight excluding hydrogens is 186 g/mol. The molecule has 0 aliphatic carbocycles. The molecule has 0 amide bonds. The van der Waals surface area contributed by atoms with E-state index in [9.17, 15) is 0 Å². The second-order valence-electron chi connectivity index (χ2n) is 2.80. The van der Waals surface area contributed by atoms with Crippen molar-refractivity contribution in [2.45, 2.75) is 18.9 Å². The summed E-state index contributed by atoms with van der Waals surface area (Å²) in [6, 6.07) is 0.371. The molecule has 0 aliphatic rings. The molecule has 0 fully saturated rings. The zero-order chi connectivity index (χ0) is 9.52. The summed E-state index contributed by atoms with van der Waals surface area (Å²) in [7, 11) is 3.68. The first-order valence-corrected chi connectivity index (χ1v) is 5.09. The molecule has 0 spiro atoms. The zero-order valence-electron chi connectivity index (χ0n) is 7.99. The fraction of sp³-hybridized carbons (Fsp3) is 0.750. The van der Waals surface area contributed by atoms with E-state index in [0.717, 1.165) is 19.4 Å². The van der Waals surface area contributed by atoms with E-state index in [2.05, 4.69) is 14.9 Å². The van der Waals surface area contributed by atoms with E-state index in [1.165, 1.54) is 16.4 Å². The molecule has 1 aromatic rings. The van der Waals surface area contributed by atoms with Gasteiger partial charge in [0.05, 0.1) is 11.1 Å². The predicted molar refractivity (Wildman–Crippen MR) is 52.8 cm³/mol. The molecule has 0 bridgehead atoms. The SMILES string of the molecule is CNC(CCCOC)c1cnns1. The molecule has 1 rings (SSSR count). The van der Waals surface area contributed by atoms with E-state index in [1.807, 2.05) is 13.2 Å². The third-order valence-electron chi connectivity index (χ3n) is 1.91. The molecule has 0 saturated carbocycles. The minimum Gasteiger partial charge on any atom is -0.385 e. The molecule has 0 saturated heterocycles. The van der Waals surface area contributed by atoms with Gasteiger partial charge in [-0.25, -0.2) is 0 Å². The van der Waals surface area contributed by atoms with Crippen LogP contribution in [0.5, 0.6) is 0 Å². The van der Waals surface area contributed by atoms with Gasteiger partial charge in [-0.15, -0.1) is 5.10 Å². The van der Waals surface area contributed by atoms with Gasteiger partial charge >= 0.3 is 0 Å². The van der Waals surface area contributed by atoms with Crippen LogP contribution >= 0.6 is 11.5 Å². The van der Waals surface area contributed by atoms with Gasteiger partial charge in [0.1, 0.15) is 0 Å². The minimum absolute atomic E-state index is 0.371. The first-order chi connectivity index (χ1) is 6.38. The molecule has 1 N–H and O–H groups in total. The lowest BCUT2D eigenvalue weighted by Gasteiger charge is -2.12. The Kier molecular flexibility index (Phi) is 4.88. The van der Waals surface area contributed by atoms with Gasteiger partial charge in [0, 0.05) is 19.8 Å². The summed E-state index contributed by atoms with van der Waals surface area (Å²) in [5.41, 5.74) is 0. The van der Waals surface area contributed by atoms with Gasteiger partial charge in [0.15, 0.2) is 0 Å². The Bertz CT molecular complexity index is 215. The molecule has 1 unspecified atom stereocenters. The maximum Gasteiger partial charge on any atom is 0.0669 e. The van der Waals surface area contributed by atoms with Gasteiger partial charge in [-0.2, -0.15) is 0 Å². The summed E-state index contributed by atoms with van der Waals surface area (Å²) in [4.78, 5) is 1.19. The zero-order valence-corrected chi connectivity index (χ0v) is 8.80. The Morgan fingerprint density at radius 3 is 3.08 bits per heavy atom. The van der Waals surface area contributed by atoms with Crippen molar-refractivity contribution in [1.82, 2.24) is 14.9 Å². The number of hydrogen-bond acceptors (Lipinski definition) is 5. The number of nitrogens with zero attached hydrogens (tertiary/aromatic N) is 2. The highest BCUT2D eigenvalue weighted by molar-refractivity contribution is 7.05. The van der Waals surface area contributed by atoms with Crippen molar-refractivity contribution < 1.29 is 4.74 Å². The summed E-state index contributed by atoms with van der Waals surface area (Å²) in [5, 5.41) is 7.05. The van der Waals surface area contributed by atoms with Gasteiger partial charge in [0.2, 0.25) is 0 Å². The maximum absolute atomic E-state index is 5.00. The summed E-state index contributed by atoms with van der Waals surface area (Å²) in [6.07, 6.45) is 3.94. The second kappa shape index (κ2) is 6.01.